The quantitative estimate of drug-likeness (QED) is 0.175. The molecule has 5 rings (SSSR count). The highest BCUT2D eigenvalue weighted by Crippen LogP contribution is 2.26. The molecule has 0 amide bonds. The number of carbonyl (C=O) groups is 1. The van der Waals surface area contributed by atoms with Crippen molar-refractivity contribution in [3.63, 3.8) is 0 Å². The van der Waals surface area contributed by atoms with Gasteiger partial charge in [0.25, 0.3) is 10.2 Å². The molecule has 14 heteroatoms. The molecule has 13 nitrogen and oxygen atoms in total. The van der Waals surface area contributed by atoms with E-state index in [4.69, 9.17) is 0 Å². The van der Waals surface area contributed by atoms with E-state index >= 15 is 0 Å². The molecule has 0 aliphatic carbocycles. The molecule has 0 saturated carbocycles. The number of aromatic amines is 1. The van der Waals surface area contributed by atoms with Gasteiger partial charge in [0, 0.05) is 45.5 Å². The number of imidazole rings is 1. The van der Waals surface area contributed by atoms with Gasteiger partial charge in [-0.1, -0.05) is 42.5 Å². The zero-order chi connectivity index (χ0) is 31.3. The first kappa shape index (κ1) is 31.2. The number of carboxylic acid groups (broad SMARTS) is 1. The minimum Gasteiger partial charge on any atom is -0.480 e. The van der Waals surface area contributed by atoms with Crippen molar-refractivity contribution >= 4 is 39.0 Å². The number of hydrogen-bond donors (Lipinski definition) is 4. The highest BCUT2D eigenvalue weighted by molar-refractivity contribution is 7.87. The highest BCUT2D eigenvalue weighted by Gasteiger charge is 2.28. The van der Waals surface area contributed by atoms with Gasteiger partial charge >= 0.3 is 11.7 Å². The summed E-state index contributed by atoms with van der Waals surface area (Å²) in [7, 11) is -1.45. The van der Waals surface area contributed by atoms with Crippen LogP contribution in [0.1, 0.15) is 24.0 Å². The third kappa shape index (κ3) is 7.62. The van der Waals surface area contributed by atoms with Crippen LogP contribution in [0.5, 0.6) is 0 Å². The minimum atomic E-state index is -4.04. The SMILES string of the molecule is CN(C)S(=O)(=O)N[C@@H](Cn1cc(CCc2ccccc2)c(N2CCC(CNc3nc4ccccc4[nH]3)CC2)nc1=O)C(=O)O. The Morgan fingerprint density at radius 3 is 2.45 bits per heavy atom. The lowest BCUT2D eigenvalue weighted by Crippen LogP contribution is -2.49. The average molecular weight is 623 g/mol. The molecular formula is C30H38N8O5S. The molecule has 1 fully saturated rings. The predicted octanol–water partition coefficient (Wildman–Crippen LogP) is 2.08. The molecule has 3 heterocycles. The van der Waals surface area contributed by atoms with E-state index in [0.717, 1.165) is 51.8 Å². The van der Waals surface area contributed by atoms with Crippen molar-refractivity contribution in [1.29, 1.82) is 0 Å². The first-order valence-electron chi connectivity index (χ1n) is 14.6. The molecular weight excluding hydrogens is 584 g/mol. The molecule has 1 saturated heterocycles. The van der Waals surface area contributed by atoms with Crippen LogP contribution in [0.4, 0.5) is 11.8 Å². The lowest BCUT2D eigenvalue weighted by molar-refractivity contribution is -0.139. The Hall–Kier alpha value is -4.27. The number of rotatable bonds is 13. The van der Waals surface area contributed by atoms with Gasteiger partial charge in [-0.3, -0.25) is 9.36 Å². The Morgan fingerprint density at radius 1 is 1.07 bits per heavy atom. The smallest absolute Gasteiger partial charge is 0.349 e. The molecule has 1 aliphatic rings. The number of aryl methyl sites for hydroxylation is 2. The highest BCUT2D eigenvalue weighted by atomic mass is 32.2. The van der Waals surface area contributed by atoms with E-state index in [-0.39, 0.29) is 0 Å². The summed E-state index contributed by atoms with van der Waals surface area (Å²) in [5, 5.41) is 13.1. The van der Waals surface area contributed by atoms with Crippen molar-refractivity contribution in [2.45, 2.75) is 38.3 Å². The minimum absolute atomic E-state index is 0.400. The number of benzene rings is 2. The van der Waals surface area contributed by atoms with Crippen LogP contribution < -0.4 is 20.6 Å². The summed E-state index contributed by atoms with van der Waals surface area (Å²) >= 11 is 0. The lowest BCUT2D eigenvalue weighted by Gasteiger charge is -2.34. The Kier molecular flexibility index (Phi) is 9.61. The maximum absolute atomic E-state index is 13.2. The first-order valence-corrected chi connectivity index (χ1v) is 16.0. The number of carboxylic acids is 1. The van der Waals surface area contributed by atoms with Gasteiger partial charge in [-0.25, -0.2) is 9.78 Å². The van der Waals surface area contributed by atoms with Crippen molar-refractivity contribution in [3.8, 4) is 0 Å². The van der Waals surface area contributed by atoms with E-state index in [9.17, 15) is 23.1 Å². The predicted molar refractivity (Wildman–Crippen MR) is 169 cm³/mol. The van der Waals surface area contributed by atoms with Crippen molar-refractivity contribution in [3.05, 3.63) is 82.4 Å². The summed E-state index contributed by atoms with van der Waals surface area (Å²) in [6.07, 6.45) is 4.68. The topological polar surface area (TPSA) is 166 Å². The molecule has 0 bridgehead atoms. The second-order valence-corrected chi connectivity index (χ2v) is 13.1. The molecule has 4 aromatic rings. The zero-order valence-electron chi connectivity index (χ0n) is 24.8. The molecule has 2 aromatic heterocycles. The van der Waals surface area contributed by atoms with Gasteiger partial charge in [-0.05, 0) is 49.3 Å². The molecule has 2 aromatic carbocycles. The fourth-order valence-electron chi connectivity index (χ4n) is 5.31. The van der Waals surface area contributed by atoms with E-state index in [2.05, 4.69) is 29.9 Å². The summed E-state index contributed by atoms with van der Waals surface area (Å²) in [5.74, 6) is 0.352. The second-order valence-electron chi connectivity index (χ2n) is 11.2. The summed E-state index contributed by atoms with van der Waals surface area (Å²) in [5.41, 5.74) is 3.19. The summed E-state index contributed by atoms with van der Waals surface area (Å²) in [6.45, 7) is 1.79. The van der Waals surface area contributed by atoms with Crippen LogP contribution in [0, 0.1) is 5.92 Å². The molecule has 0 radical (unpaired) electrons. The third-order valence-electron chi connectivity index (χ3n) is 7.88. The molecule has 1 atom stereocenters. The van der Waals surface area contributed by atoms with Gasteiger partial charge < -0.3 is 20.3 Å². The monoisotopic (exact) mass is 622 g/mol. The third-order valence-corrected chi connectivity index (χ3v) is 9.43. The van der Waals surface area contributed by atoms with E-state index < -0.39 is 34.5 Å². The van der Waals surface area contributed by atoms with E-state index in [1.54, 1.807) is 6.20 Å². The standard InChI is InChI=1S/C30H38N8O5S/c1-36(2)44(42,43)35-26(28(39)40)20-38-19-23(13-12-21-8-4-3-5-9-21)27(34-30(38)41)37-16-14-22(15-17-37)18-31-29-32-24-10-6-7-11-25(24)33-29/h3-11,19,22,26,35H,12-18,20H2,1-2H3,(H,39,40)(H2,31,32,33)/t26-/m0/s1. The van der Waals surface area contributed by atoms with Gasteiger partial charge in [0.15, 0.2) is 0 Å². The van der Waals surface area contributed by atoms with E-state index in [1.165, 1.54) is 18.7 Å². The summed E-state index contributed by atoms with van der Waals surface area (Å²) in [6, 6.07) is 16.3. The zero-order valence-corrected chi connectivity index (χ0v) is 25.6. The van der Waals surface area contributed by atoms with Crippen molar-refractivity contribution in [2.75, 3.05) is 43.9 Å². The Balaban J connectivity index is 1.31. The molecule has 234 valence electrons. The normalized spacial score (nSPS) is 15.1. The Bertz CT molecular complexity index is 1720. The van der Waals surface area contributed by atoms with Gasteiger partial charge in [0.1, 0.15) is 11.9 Å². The number of nitrogens with one attached hydrogen (secondary N) is 3. The van der Waals surface area contributed by atoms with Crippen LogP contribution in [-0.2, 0) is 34.4 Å². The number of nitrogens with zero attached hydrogens (tertiary/aromatic N) is 5. The first-order chi connectivity index (χ1) is 21.1. The van der Waals surface area contributed by atoms with E-state index in [1.807, 2.05) is 54.6 Å². The molecule has 4 N–H and O–H groups in total. The summed E-state index contributed by atoms with van der Waals surface area (Å²) < 4.78 is 28.9. The fourth-order valence-corrected chi connectivity index (χ4v) is 6.05. The number of hydrogen-bond acceptors (Lipinski definition) is 8. The van der Waals surface area contributed by atoms with E-state index in [0.29, 0.717) is 37.7 Å². The number of para-hydroxylation sites is 2. The Morgan fingerprint density at radius 2 is 1.77 bits per heavy atom. The van der Waals surface area contributed by atoms with Crippen LogP contribution in [0.3, 0.4) is 0 Å². The van der Waals surface area contributed by atoms with Gasteiger partial charge in [-0.2, -0.15) is 22.4 Å². The van der Waals surface area contributed by atoms with Crippen LogP contribution in [0.2, 0.25) is 0 Å². The number of aliphatic carboxylic acids is 1. The number of anilines is 2. The van der Waals surface area contributed by atoms with Crippen LogP contribution >= 0.6 is 0 Å². The van der Waals surface area contributed by atoms with Crippen LogP contribution in [0.15, 0.2) is 65.6 Å². The fraction of sp³-hybridized carbons (Fsp3) is 0.400. The number of piperidine rings is 1. The second kappa shape index (κ2) is 13.6. The van der Waals surface area contributed by atoms with Gasteiger partial charge in [0.05, 0.1) is 17.6 Å². The number of fused-ring (bicyclic) bond motifs is 1. The number of aromatic nitrogens is 4. The molecule has 44 heavy (non-hydrogen) atoms. The molecule has 0 spiro atoms. The van der Waals surface area contributed by atoms with Crippen LogP contribution in [-0.4, -0.2) is 83.1 Å². The van der Waals surface area contributed by atoms with Crippen molar-refractivity contribution in [2.24, 2.45) is 5.92 Å². The Labute approximate surface area is 256 Å². The van der Waals surface area contributed by atoms with Gasteiger partial charge in [-0.15, -0.1) is 0 Å². The maximum Gasteiger partial charge on any atom is 0.349 e. The van der Waals surface area contributed by atoms with Crippen molar-refractivity contribution < 1.29 is 18.3 Å². The van der Waals surface area contributed by atoms with Gasteiger partial charge in [0.2, 0.25) is 5.95 Å². The average Bonchev–Trinajstić information content (AvgIpc) is 3.43. The maximum atomic E-state index is 13.2. The molecule has 0 unspecified atom stereocenters. The number of H-pyrrole nitrogens is 1. The largest absolute Gasteiger partial charge is 0.480 e. The van der Waals surface area contributed by atoms with Crippen LogP contribution in [0.25, 0.3) is 11.0 Å². The lowest BCUT2D eigenvalue weighted by atomic mass is 9.96. The summed E-state index contributed by atoms with van der Waals surface area (Å²) in [4.78, 5) is 39.6. The molecule has 1 aliphatic heterocycles. The van der Waals surface area contributed by atoms with Crippen molar-refractivity contribution in [1.82, 2.24) is 28.5 Å².